The number of benzene rings is 1. The van der Waals surface area contributed by atoms with Crippen molar-refractivity contribution in [2.45, 2.75) is 38.8 Å². The van der Waals surface area contributed by atoms with Crippen molar-refractivity contribution < 1.29 is 22.7 Å². The van der Waals surface area contributed by atoms with Crippen LogP contribution in [0.15, 0.2) is 30.3 Å². The highest BCUT2D eigenvalue weighted by molar-refractivity contribution is 7.88. The maximum absolute atomic E-state index is 13.2. The van der Waals surface area contributed by atoms with Gasteiger partial charge in [-0.3, -0.25) is 4.79 Å². The van der Waals surface area contributed by atoms with Crippen LogP contribution in [0.4, 0.5) is 0 Å². The lowest BCUT2D eigenvalue weighted by Crippen LogP contribution is -2.43. The van der Waals surface area contributed by atoms with Gasteiger partial charge in [-0.1, -0.05) is 6.07 Å². The maximum atomic E-state index is 13.2. The third kappa shape index (κ3) is 6.44. The molecule has 1 amide bonds. The molecule has 0 radical (unpaired) electrons. The zero-order valence-corrected chi connectivity index (χ0v) is 20.1. The van der Waals surface area contributed by atoms with Crippen molar-refractivity contribution in [3.05, 3.63) is 45.6 Å². The number of nitrogens with zero attached hydrogens (tertiary/aromatic N) is 2. The Hall–Kier alpha value is -2.10. The summed E-state index contributed by atoms with van der Waals surface area (Å²) in [4.78, 5) is 17.2. The monoisotopic (exact) mass is 466 g/mol. The molecule has 0 unspecified atom stereocenters. The van der Waals surface area contributed by atoms with E-state index >= 15 is 0 Å². The van der Waals surface area contributed by atoms with E-state index in [0.29, 0.717) is 31.0 Å². The summed E-state index contributed by atoms with van der Waals surface area (Å²) in [7, 11) is -0.242. The predicted octanol–water partition coefficient (Wildman–Crippen LogP) is 3.07. The average Bonchev–Trinajstić information content (AvgIpc) is 3.48. The van der Waals surface area contributed by atoms with Crippen molar-refractivity contribution in [1.29, 1.82) is 0 Å². The number of hydrogen-bond acceptors (Lipinski definition) is 6. The largest absolute Gasteiger partial charge is 0.493 e. The van der Waals surface area contributed by atoms with Gasteiger partial charge in [0.1, 0.15) is 0 Å². The van der Waals surface area contributed by atoms with Crippen LogP contribution in [-0.2, 0) is 27.8 Å². The topological polar surface area (TPSA) is 76.2 Å². The van der Waals surface area contributed by atoms with Gasteiger partial charge in [-0.15, -0.1) is 11.3 Å². The van der Waals surface area contributed by atoms with Crippen molar-refractivity contribution in [2.24, 2.45) is 0 Å². The number of thiophene rings is 1. The molecule has 2 aromatic rings. The summed E-state index contributed by atoms with van der Waals surface area (Å²) >= 11 is 1.65. The molecule has 1 fully saturated rings. The van der Waals surface area contributed by atoms with E-state index in [9.17, 15) is 13.2 Å². The third-order valence-electron chi connectivity index (χ3n) is 5.28. The second-order valence-corrected chi connectivity index (χ2v) is 11.1. The van der Waals surface area contributed by atoms with Crippen LogP contribution >= 0.6 is 11.3 Å². The molecule has 1 aliphatic rings. The molecule has 7 nitrogen and oxygen atoms in total. The van der Waals surface area contributed by atoms with E-state index in [2.05, 4.69) is 0 Å². The number of aryl methyl sites for hydroxylation is 1. The summed E-state index contributed by atoms with van der Waals surface area (Å²) in [6.07, 6.45) is 3.43. The van der Waals surface area contributed by atoms with Gasteiger partial charge >= 0.3 is 0 Å². The second kappa shape index (κ2) is 10.0. The summed E-state index contributed by atoms with van der Waals surface area (Å²) in [5.41, 5.74) is 1.01. The van der Waals surface area contributed by atoms with Crippen LogP contribution in [0.1, 0.15) is 28.2 Å². The Labute approximate surface area is 188 Å². The third-order valence-corrected chi connectivity index (χ3v) is 7.55. The van der Waals surface area contributed by atoms with Gasteiger partial charge in [0, 0.05) is 22.3 Å². The Kier molecular flexibility index (Phi) is 7.61. The van der Waals surface area contributed by atoms with E-state index in [1.165, 1.54) is 15.4 Å². The van der Waals surface area contributed by atoms with Crippen LogP contribution in [0.25, 0.3) is 0 Å². The van der Waals surface area contributed by atoms with Gasteiger partial charge in [-0.05, 0) is 56.0 Å². The van der Waals surface area contributed by atoms with E-state index in [1.54, 1.807) is 30.5 Å². The lowest BCUT2D eigenvalue weighted by molar-refractivity contribution is -0.132. The van der Waals surface area contributed by atoms with Crippen LogP contribution in [0.2, 0.25) is 0 Å². The molecule has 1 aromatic heterocycles. The maximum Gasteiger partial charge on any atom is 0.238 e. The number of carbonyl (C=O) groups is 1. The Morgan fingerprint density at radius 3 is 2.39 bits per heavy atom. The zero-order valence-electron chi connectivity index (χ0n) is 18.5. The Morgan fingerprint density at radius 1 is 1.13 bits per heavy atom. The molecule has 3 rings (SSSR count). The molecule has 0 N–H and O–H groups in total. The summed E-state index contributed by atoms with van der Waals surface area (Å²) in [5.74, 6) is 1.12. The molecular weight excluding hydrogens is 436 g/mol. The SMILES string of the molecule is COc1ccc(CCN(Cc2ccc(C)s2)C(=O)CN(C2CC2)S(C)(=O)=O)cc1OC. The quantitative estimate of drug-likeness (QED) is 0.509. The normalized spacial score (nSPS) is 14.0. The summed E-state index contributed by atoms with van der Waals surface area (Å²) in [6, 6.07) is 9.71. The minimum Gasteiger partial charge on any atom is -0.493 e. The lowest BCUT2D eigenvalue weighted by Gasteiger charge is -2.26. The van der Waals surface area contributed by atoms with Crippen LogP contribution < -0.4 is 9.47 Å². The molecule has 0 spiro atoms. The van der Waals surface area contributed by atoms with Gasteiger partial charge in [-0.25, -0.2) is 8.42 Å². The second-order valence-electron chi connectivity index (χ2n) is 7.81. The van der Waals surface area contributed by atoms with Gasteiger partial charge in [0.25, 0.3) is 0 Å². The van der Waals surface area contributed by atoms with Crippen molar-refractivity contribution in [2.75, 3.05) is 33.6 Å². The van der Waals surface area contributed by atoms with Crippen molar-refractivity contribution in [3.8, 4) is 11.5 Å². The van der Waals surface area contributed by atoms with Crippen LogP contribution in [0, 0.1) is 6.92 Å². The van der Waals surface area contributed by atoms with Crippen LogP contribution in [0.5, 0.6) is 11.5 Å². The fourth-order valence-electron chi connectivity index (χ4n) is 3.46. The number of methoxy groups -OCH3 is 2. The van der Waals surface area contributed by atoms with Crippen LogP contribution in [0.3, 0.4) is 0 Å². The highest BCUT2D eigenvalue weighted by Crippen LogP contribution is 2.30. The highest BCUT2D eigenvalue weighted by atomic mass is 32.2. The molecule has 1 aliphatic carbocycles. The van der Waals surface area contributed by atoms with Gasteiger partial charge in [-0.2, -0.15) is 4.31 Å². The Morgan fingerprint density at radius 2 is 1.84 bits per heavy atom. The van der Waals surface area contributed by atoms with E-state index in [1.807, 2.05) is 37.3 Å². The summed E-state index contributed by atoms with van der Waals surface area (Å²) in [5, 5.41) is 0. The number of sulfonamides is 1. The van der Waals surface area contributed by atoms with E-state index in [-0.39, 0.29) is 18.5 Å². The lowest BCUT2D eigenvalue weighted by atomic mass is 10.1. The first-order chi connectivity index (χ1) is 14.7. The van der Waals surface area contributed by atoms with E-state index in [0.717, 1.165) is 23.3 Å². The first-order valence-corrected chi connectivity index (χ1v) is 12.9. The number of ether oxygens (including phenoxy) is 2. The molecule has 170 valence electrons. The van der Waals surface area contributed by atoms with Crippen LogP contribution in [-0.4, -0.2) is 63.1 Å². The molecule has 31 heavy (non-hydrogen) atoms. The summed E-state index contributed by atoms with van der Waals surface area (Å²) < 4.78 is 36.4. The molecular formula is C22H30N2O5S2. The zero-order chi connectivity index (χ0) is 22.6. The van der Waals surface area contributed by atoms with E-state index in [4.69, 9.17) is 9.47 Å². The Balaban J connectivity index is 1.75. The molecule has 1 heterocycles. The van der Waals surface area contributed by atoms with Gasteiger partial charge < -0.3 is 14.4 Å². The summed E-state index contributed by atoms with van der Waals surface area (Å²) in [6.45, 7) is 2.86. The molecule has 1 saturated carbocycles. The van der Waals surface area contributed by atoms with Gasteiger partial charge in [0.15, 0.2) is 11.5 Å². The number of rotatable bonds is 11. The van der Waals surface area contributed by atoms with E-state index < -0.39 is 10.0 Å². The minimum atomic E-state index is -3.42. The molecule has 1 aromatic carbocycles. The van der Waals surface area contributed by atoms with Crippen molar-refractivity contribution in [1.82, 2.24) is 9.21 Å². The molecule has 0 saturated heterocycles. The number of amides is 1. The smallest absolute Gasteiger partial charge is 0.238 e. The predicted molar refractivity (Wildman–Crippen MR) is 122 cm³/mol. The average molecular weight is 467 g/mol. The van der Waals surface area contributed by atoms with Gasteiger partial charge in [0.05, 0.1) is 33.6 Å². The standard InChI is InChI=1S/C22H30N2O5S2/c1-16-5-9-19(30-16)14-23(22(25)15-24(18-7-8-18)31(4,26)27)12-11-17-6-10-20(28-2)21(13-17)29-3/h5-6,9-10,13,18H,7-8,11-12,14-15H2,1-4H3. The van der Waals surface area contributed by atoms with Gasteiger partial charge in [0.2, 0.25) is 15.9 Å². The molecule has 0 aliphatic heterocycles. The number of carbonyl (C=O) groups excluding carboxylic acids is 1. The Bertz CT molecular complexity index is 1010. The highest BCUT2D eigenvalue weighted by Gasteiger charge is 2.37. The minimum absolute atomic E-state index is 0.0457. The fraction of sp³-hybridized carbons (Fsp3) is 0.500. The first-order valence-electron chi connectivity index (χ1n) is 10.2. The first kappa shape index (κ1) is 23.6. The van der Waals surface area contributed by atoms with Crippen molar-refractivity contribution in [3.63, 3.8) is 0 Å². The molecule has 0 atom stereocenters. The molecule has 9 heteroatoms. The fourth-order valence-corrected chi connectivity index (χ4v) is 5.47. The van der Waals surface area contributed by atoms with Crippen molar-refractivity contribution >= 4 is 27.3 Å². The number of hydrogen-bond donors (Lipinski definition) is 0. The molecule has 0 bridgehead atoms.